The van der Waals surface area contributed by atoms with E-state index in [0.29, 0.717) is 17.5 Å². The zero-order chi connectivity index (χ0) is 27.9. The Bertz CT molecular complexity index is 1130. The predicted octanol–water partition coefficient (Wildman–Crippen LogP) is 4.09. The molecule has 3 saturated heterocycles. The molecule has 212 valence electrons. The molecule has 3 unspecified atom stereocenters. The summed E-state index contributed by atoms with van der Waals surface area (Å²) in [6.07, 6.45) is 5.68. The van der Waals surface area contributed by atoms with Crippen LogP contribution in [0.3, 0.4) is 0 Å². The number of nitriles is 1. The third-order valence-electron chi connectivity index (χ3n) is 9.13. The Morgan fingerprint density at radius 1 is 1.18 bits per heavy atom. The third kappa shape index (κ3) is 5.86. The van der Waals surface area contributed by atoms with E-state index < -0.39 is 23.8 Å². The third-order valence-corrected chi connectivity index (χ3v) is 9.13. The maximum atomic E-state index is 15.3. The standard InChI is InChI=1S/C30H42FN5O3/c1-30(2,3)39-29(38)36-24-10-8-21(15-24)27(36)28(37)33-22(17-32)14-20-7-9-23(16-25(20)31)35-13-11-19-6-5-12-34(4)26(19)18-35/h7,9,16,19,21-22,24,26-27H,5-6,8,10-15,18H2,1-4H3,(H,33,37)/t19-,21?,22+,24?,26+,27?/m1/s1. The van der Waals surface area contributed by atoms with Crippen LogP contribution < -0.4 is 10.2 Å². The summed E-state index contributed by atoms with van der Waals surface area (Å²) in [4.78, 5) is 32.5. The maximum Gasteiger partial charge on any atom is 0.411 e. The summed E-state index contributed by atoms with van der Waals surface area (Å²) in [7, 11) is 2.18. The zero-order valence-electron chi connectivity index (χ0n) is 23.7. The molecule has 4 fully saturated rings. The maximum absolute atomic E-state index is 15.3. The quantitative estimate of drug-likeness (QED) is 0.607. The Morgan fingerprint density at radius 2 is 1.97 bits per heavy atom. The molecule has 2 bridgehead atoms. The van der Waals surface area contributed by atoms with E-state index in [0.717, 1.165) is 51.0 Å². The lowest BCUT2D eigenvalue weighted by atomic mass is 9.83. The number of likely N-dealkylation sites (tertiary alicyclic amines) is 2. The minimum Gasteiger partial charge on any atom is -0.444 e. The van der Waals surface area contributed by atoms with E-state index in [1.54, 1.807) is 37.8 Å². The van der Waals surface area contributed by atoms with E-state index in [2.05, 4.69) is 28.2 Å². The number of benzene rings is 1. The van der Waals surface area contributed by atoms with Crippen LogP contribution in [0.2, 0.25) is 0 Å². The van der Waals surface area contributed by atoms with Gasteiger partial charge in [-0.1, -0.05) is 6.07 Å². The van der Waals surface area contributed by atoms with Gasteiger partial charge in [0.2, 0.25) is 5.91 Å². The number of fused-ring (bicyclic) bond motifs is 3. The number of nitrogens with one attached hydrogen (secondary N) is 1. The van der Waals surface area contributed by atoms with E-state index in [1.807, 2.05) is 6.07 Å². The lowest BCUT2D eigenvalue weighted by Crippen LogP contribution is -2.55. The molecule has 6 atom stereocenters. The minimum absolute atomic E-state index is 0.0235. The molecule has 2 amide bonds. The number of rotatable bonds is 5. The van der Waals surface area contributed by atoms with Gasteiger partial charge in [-0.3, -0.25) is 9.69 Å². The summed E-state index contributed by atoms with van der Waals surface area (Å²) in [5.74, 6) is 0.0308. The molecule has 0 aromatic heterocycles. The first kappa shape index (κ1) is 27.7. The largest absolute Gasteiger partial charge is 0.444 e. The average molecular weight is 540 g/mol. The molecule has 1 saturated carbocycles. The van der Waals surface area contributed by atoms with Crippen molar-refractivity contribution in [3.05, 3.63) is 29.6 Å². The monoisotopic (exact) mass is 539 g/mol. The zero-order valence-corrected chi connectivity index (χ0v) is 23.7. The highest BCUT2D eigenvalue weighted by molar-refractivity contribution is 5.87. The Labute approximate surface area is 231 Å². The summed E-state index contributed by atoms with van der Waals surface area (Å²) in [6, 6.07) is 6.27. The number of likely N-dealkylation sites (N-methyl/N-ethyl adjacent to an activating group) is 1. The Morgan fingerprint density at radius 3 is 2.69 bits per heavy atom. The molecule has 4 aliphatic rings. The van der Waals surface area contributed by atoms with Gasteiger partial charge in [0.25, 0.3) is 0 Å². The van der Waals surface area contributed by atoms with Gasteiger partial charge in [0.1, 0.15) is 23.5 Å². The Hall–Kier alpha value is -2.86. The van der Waals surface area contributed by atoms with Gasteiger partial charge < -0.3 is 19.9 Å². The van der Waals surface area contributed by atoms with Crippen LogP contribution in [0.4, 0.5) is 14.9 Å². The average Bonchev–Trinajstić information content (AvgIpc) is 3.50. The fourth-order valence-corrected chi connectivity index (χ4v) is 7.23. The minimum atomic E-state index is -0.899. The number of amides is 2. The van der Waals surface area contributed by atoms with Crippen LogP contribution in [0.15, 0.2) is 18.2 Å². The lowest BCUT2D eigenvalue weighted by Gasteiger charge is -2.46. The van der Waals surface area contributed by atoms with Gasteiger partial charge >= 0.3 is 6.09 Å². The Balaban J connectivity index is 1.23. The molecule has 0 radical (unpaired) electrons. The van der Waals surface area contributed by atoms with E-state index in [4.69, 9.17) is 4.74 Å². The van der Waals surface area contributed by atoms with Crippen LogP contribution in [0, 0.1) is 29.0 Å². The van der Waals surface area contributed by atoms with Crippen molar-refractivity contribution in [2.45, 2.75) is 95.5 Å². The van der Waals surface area contributed by atoms with Gasteiger partial charge in [-0.2, -0.15) is 5.26 Å². The SMILES string of the molecule is CN1CCC[C@@H]2CCN(c3ccc(C[C@@H](C#N)NC(=O)C4C5CCC(C5)N4C(=O)OC(C)(C)C)c(F)c3)C[C@@H]21. The van der Waals surface area contributed by atoms with E-state index >= 15 is 4.39 Å². The number of hydrogen-bond acceptors (Lipinski definition) is 6. The summed E-state index contributed by atoms with van der Waals surface area (Å²) in [5, 5.41) is 12.6. The van der Waals surface area contributed by atoms with Gasteiger partial charge in [0, 0.05) is 37.3 Å². The van der Waals surface area contributed by atoms with Crippen molar-refractivity contribution in [2.75, 3.05) is 31.6 Å². The second-order valence-corrected chi connectivity index (χ2v) is 12.9. The highest BCUT2D eigenvalue weighted by atomic mass is 19.1. The highest BCUT2D eigenvalue weighted by Gasteiger charge is 2.52. The van der Waals surface area contributed by atoms with Gasteiger partial charge in [-0.05, 0) is 102 Å². The van der Waals surface area contributed by atoms with Crippen molar-refractivity contribution in [3.63, 3.8) is 0 Å². The van der Waals surface area contributed by atoms with E-state index in [9.17, 15) is 14.9 Å². The number of nitrogens with zero attached hydrogens (tertiary/aromatic N) is 4. The van der Waals surface area contributed by atoms with Crippen LogP contribution in [0.1, 0.15) is 64.9 Å². The van der Waals surface area contributed by atoms with Crippen molar-refractivity contribution in [3.8, 4) is 6.07 Å². The summed E-state index contributed by atoms with van der Waals surface area (Å²) < 4.78 is 20.8. The second kappa shape index (κ2) is 11.0. The molecule has 39 heavy (non-hydrogen) atoms. The molecule has 5 rings (SSSR count). The smallest absolute Gasteiger partial charge is 0.411 e. The summed E-state index contributed by atoms with van der Waals surface area (Å²) >= 11 is 0. The van der Waals surface area contributed by atoms with Crippen molar-refractivity contribution in [1.82, 2.24) is 15.1 Å². The summed E-state index contributed by atoms with van der Waals surface area (Å²) in [6.45, 7) is 8.33. The molecular formula is C30H42FN5O3. The molecule has 1 aliphatic carbocycles. The van der Waals surface area contributed by atoms with Crippen molar-refractivity contribution in [1.29, 1.82) is 5.26 Å². The number of ether oxygens (including phenoxy) is 1. The van der Waals surface area contributed by atoms with E-state index in [1.165, 1.54) is 12.8 Å². The van der Waals surface area contributed by atoms with Crippen LogP contribution in [-0.4, -0.2) is 78.3 Å². The number of carbonyl (C=O) groups is 2. The van der Waals surface area contributed by atoms with Gasteiger partial charge in [0.05, 0.1) is 6.07 Å². The van der Waals surface area contributed by atoms with Crippen molar-refractivity contribution >= 4 is 17.7 Å². The normalized spacial score (nSPS) is 29.5. The predicted molar refractivity (Wildman–Crippen MR) is 147 cm³/mol. The first-order valence-corrected chi connectivity index (χ1v) is 14.5. The molecular weight excluding hydrogens is 497 g/mol. The molecule has 3 heterocycles. The number of anilines is 1. The highest BCUT2D eigenvalue weighted by Crippen LogP contribution is 2.43. The molecule has 1 aromatic carbocycles. The molecule has 8 nitrogen and oxygen atoms in total. The lowest BCUT2D eigenvalue weighted by molar-refractivity contribution is -0.128. The van der Waals surface area contributed by atoms with Crippen LogP contribution >= 0.6 is 0 Å². The molecule has 1 aromatic rings. The molecule has 3 aliphatic heterocycles. The Kier molecular flexibility index (Phi) is 7.78. The van der Waals surface area contributed by atoms with Crippen LogP contribution in [0.5, 0.6) is 0 Å². The second-order valence-electron chi connectivity index (χ2n) is 12.9. The van der Waals surface area contributed by atoms with Gasteiger partial charge in [-0.25, -0.2) is 9.18 Å². The fourth-order valence-electron chi connectivity index (χ4n) is 7.23. The molecule has 1 N–H and O–H groups in total. The van der Waals surface area contributed by atoms with Crippen molar-refractivity contribution in [2.24, 2.45) is 11.8 Å². The number of carbonyl (C=O) groups excluding carboxylic acids is 2. The fraction of sp³-hybridized carbons (Fsp3) is 0.700. The van der Waals surface area contributed by atoms with E-state index in [-0.39, 0.29) is 30.1 Å². The number of halogens is 1. The van der Waals surface area contributed by atoms with Gasteiger partial charge in [-0.15, -0.1) is 0 Å². The first-order valence-electron chi connectivity index (χ1n) is 14.5. The number of piperidine rings is 3. The first-order chi connectivity index (χ1) is 18.5. The van der Waals surface area contributed by atoms with Gasteiger partial charge in [0.15, 0.2) is 0 Å². The van der Waals surface area contributed by atoms with Crippen LogP contribution in [0.25, 0.3) is 0 Å². The van der Waals surface area contributed by atoms with Crippen molar-refractivity contribution < 1.29 is 18.7 Å². The van der Waals surface area contributed by atoms with Crippen LogP contribution in [-0.2, 0) is 16.0 Å². The summed E-state index contributed by atoms with van der Waals surface area (Å²) in [5.41, 5.74) is 0.592. The number of hydrogen-bond donors (Lipinski definition) is 1. The topological polar surface area (TPSA) is 88.9 Å². The molecule has 0 spiro atoms. The molecule has 9 heteroatoms.